The Morgan fingerprint density at radius 2 is 1.88 bits per heavy atom. The van der Waals surface area contributed by atoms with Crippen LogP contribution in [0.4, 0.5) is 10.2 Å². The number of hydrogen-bond donors (Lipinski definition) is 0. The zero-order valence-corrected chi connectivity index (χ0v) is 19.4. The molecule has 0 amide bonds. The van der Waals surface area contributed by atoms with Crippen molar-refractivity contribution in [1.29, 1.82) is 0 Å². The van der Waals surface area contributed by atoms with E-state index in [2.05, 4.69) is 54.6 Å². The molecule has 0 spiro atoms. The third-order valence-electron chi connectivity index (χ3n) is 6.65. The third-order valence-corrected chi connectivity index (χ3v) is 6.65. The van der Waals surface area contributed by atoms with Gasteiger partial charge in [0.15, 0.2) is 11.6 Å². The number of aromatic nitrogens is 4. The van der Waals surface area contributed by atoms with Crippen molar-refractivity contribution >= 4 is 18.4 Å². The highest BCUT2D eigenvalue weighted by molar-refractivity contribution is 6.61. The molecular formula is C23H29BFN5O2. The molecule has 4 heterocycles. The van der Waals surface area contributed by atoms with Crippen LogP contribution in [-0.4, -0.2) is 46.1 Å². The van der Waals surface area contributed by atoms with Crippen molar-refractivity contribution in [3.63, 3.8) is 0 Å². The lowest BCUT2D eigenvalue weighted by Gasteiger charge is -2.47. The number of pyridine rings is 2. The Balaban J connectivity index is 1.45. The van der Waals surface area contributed by atoms with Crippen LogP contribution in [-0.2, 0) is 9.31 Å². The van der Waals surface area contributed by atoms with Crippen molar-refractivity contribution in [2.75, 3.05) is 18.6 Å². The van der Waals surface area contributed by atoms with Crippen LogP contribution in [0.3, 0.4) is 0 Å². The van der Waals surface area contributed by atoms with Crippen LogP contribution in [0, 0.1) is 11.2 Å². The molecule has 1 aliphatic heterocycles. The number of nitrogens with zero attached hydrogens (tertiary/aromatic N) is 5. The summed E-state index contributed by atoms with van der Waals surface area (Å²) in [5.74, 6) is 0.998. The van der Waals surface area contributed by atoms with Gasteiger partial charge in [-0.1, -0.05) is 26.0 Å². The zero-order chi connectivity index (χ0) is 23.1. The van der Waals surface area contributed by atoms with E-state index >= 15 is 0 Å². The molecule has 1 atom stereocenters. The third kappa shape index (κ3) is 4.27. The summed E-state index contributed by atoms with van der Waals surface area (Å²) >= 11 is 0. The summed E-state index contributed by atoms with van der Waals surface area (Å²) in [6.07, 6.45) is 6.04. The summed E-state index contributed by atoms with van der Waals surface area (Å²) in [6, 6.07) is 7.79. The first-order valence-electron chi connectivity index (χ1n) is 10.7. The second kappa shape index (κ2) is 8.29. The number of rotatable bonds is 5. The second-order valence-corrected chi connectivity index (χ2v) is 9.44. The maximum Gasteiger partial charge on any atom is 0.495 e. The molecule has 32 heavy (non-hydrogen) atoms. The summed E-state index contributed by atoms with van der Waals surface area (Å²) in [6.45, 7) is 11.2. The van der Waals surface area contributed by atoms with Gasteiger partial charge in [0.2, 0.25) is 0 Å². The molecule has 1 fully saturated rings. The monoisotopic (exact) mass is 437 g/mol. The van der Waals surface area contributed by atoms with Crippen LogP contribution in [0.25, 0.3) is 5.82 Å². The average Bonchev–Trinajstić information content (AvgIpc) is 3.21. The fourth-order valence-electron chi connectivity index (χ4n) is 3.46. The van der Waals surface area contributed by atoms with Gasteiger partial charge in [-0.15, -0.1) is 0 Å². The molecule has 0 saturated carbocycles. The number of halogens is 1. The maximum atomic E-state index is 13.2. The molecule has 168 valence electrons. The van der Waals surface area contributed by atoms with Crippen molar-refractivity contribution in [1.82, 2.24) is 19.7 Å². The second-order valence-electron chi connectivity index (χ2n) is 9.44. The van der Waals surface area contributed by atoms with Gasteiger partial charge >= 0.3 is 7.12 Å². The Labute approximate surface area is 188 Å². The summed E-state index contributed by atoms with van der Waals surface area (Å²) in [5.41, 5.74) is 1.54. The average molecular weight is 437 g/mol. The molecule has 3 aromatic heterocycles. The summed E-state index contributed by atoms with van der Waals surface area (Å²) in [7, 11) is 1.56. The molecule has 0 aliphatic carbocycles. The minimum absolute atomic E-state index is 0.0335. The van der Waals surface area contributed by atoms with Gasteiger partial charge in [0.05, 0.1) is 24.0 Å². The van der Waals surface area contributed by atoms with Crippen LogP contribution in [0.1, 0.15) is 46.2 Å². The predicted octanol–water partition coefficient (Wildman–Crippen LogP) is 3.55. The molecule has 0 bridgehead atoms. The van der Waals surface area contributed by atoms with Gasteiger partial charge < -0.3 is 14.2 Å². The Morgan fingerprint density at radius 1 is 1.09 bits per heavy atom. The standard InChI is InChI=1S/C23H29BFN5O2/c1-16(17-7-9-21(26-11-17)30-14-19(25)13-28-30)29(6)20-10-8-18(12-27-20)24-31-15-22(2,3)23(4,5)32-24/h7-14,16H,15H2,1-6H3. The summed E-state index contributed by atoms with van der Waals surface area (Å²) in [5, 5.41) is 3.95. The first-order valence-corrected chi connectivity index (χ1v) is 10.7. The fraction of sp³-hybridized carbons (Fsp3) is 0.435. The van der Waals surface area contributed by atoms with E-state index in [4.69, 9.17) is 9.31 Å². The van der Waals surface area contributed by atoms with Crippen LogP contribution in [0.15, 0.2) is 49.1 Å². The molecule has 1 saturated heterocycles. The fourth-order valence-corrected chi connectivity index (χ4v) is 3.46. The van der Waals surface area contributed by atoms with Crippen molar-refractivity contribution in [3.8, 4) is 5.82 Å². The van der Waals surface area contributed by atoms with Crippen molar-refractivity contribution < 1.29 is 13.7 Å². The van der Waals surface area contributed by atoms with Crippen LogP contribution >= 0.6 is 0 Å². The molecule has 1 aliphatic rings. The van der Waals surface area contributed by atoms with E-state index in [0.29, 0.717) is 12.4 Å². The predicted molar refractivity (Wildman–Crippen MR) is 123 cm³/mol. The molecule has 1 unspecified atom stereocenters. The minimum atomic E-state index is -0.425. The minimum Gasteiger partial charge on any atom is -0.407 e. The van der Waals surface area contributed by atoms with E-state index in [1.54, 1.807) is 6.20 Å². The highest BCUT2D eigenvalue weighted by Crippen LogP contribution is 2.38. The van der Waals surface area contributed by atoms with E-state index in [9.17, 15) is 4.39 Å². The first kappa shape index (κ1) is 22.4. The number of anilines is 1. The summed E-state index contributed by atoms with van der Waals surface area (Å²) < 4.78 is 26.8. The zero-order valence-electron chi connectivity index (χ0n) is 19.4. The highest BCUT2D eigenvalue weighted by Gasteiger charge is 2.47. The van der Waals surface area contributed by atoms with Gasteiger partial charge in [0, 0.05) is 36.9 Å². The van der Waals surface area contributed by atoms with Gasteiger partial charge in [-0.05, 0) is 38.5 Å². The largest absolute Gasteiger partial charge is 0.495 e. The molecule has 9 heteroatoms. The highest BCUT2D eigenvalue weighted by atomic mass is 19.1. The summed E-state index contributed by atoms with van der Waals surface area (Å²) in [4.78, 5) is 11.1. The first-order chi connectivity index (χ1) is 15.1. The molecule has 0 N–H and O–H groups in total. The Bertz CT molecular complexity index is 1070. The van der Waals surface area contributed by atoms with Crippen LogP contribution in [0.5, 0.6) is 0 Å². The Hall–Kier alpha value is -2.78. The molecule has 0 radical (unpaired) electrons. The maximum absolute atomic E-state index is 13.2. The van der Waals surface area contributed by atoms with Gasteiger partial charge in [-0.25, -0.2) is 19.0 Å². The van der Waals surface area contributed by atoms with Crippen LogP contribution < -0.4 is 10.4 Å². The van der Waals surface area contributed by atoms with Gasteiger partial charge in [-0.3, -0.25) is 0 Å². The lowest BCUT2D eigenvalue weighted by molar-refractivity contribution is -0.0937. The van der Waals surface area contributed by atoms with Gasteiger partial charge in [0.1, 0.15) is 5.82 Å². The van der Waals surface area contributed by atoms with E-state index in [0.717, 1.165) is 23.0 Å². The Kier molecular flexibility index (Phi) is 5.81. The molecule has 4 rings (SSSR count). The van der Waals surface area contributed by atoms with Gasteiger partial charge in [-0.2, -0.15) is 5.10 Å². The van der Waals surface area contributed by atoms with Gasteiger partial charge in [0.25, 0.3) is 0 Å². The Morgan fingerprint density at radius 3 is 2.44 bits per heavy atom. The van der Waals surface area contributed by atoms with E-state index < -0.39 is 12.9 Å². The van der Waals surface area contributed by atoms with Crippen molar-refractivity contribution in [2.45, 2.75) is 46.3 Å². The smallest absolute Gasteiger partial charge is 0.407 e. The molecular weight excluding hydrogens is 408 g/mol. The van der Waals surface area contributed by atoms with E-state index in [1.165, 1.54) is 10.9 Å². The van der Waals surface area contributed by atoms with E-state index in [1.807, 2.05) is 37.5 Å². The normalized spacial score (nSPS) is 18.4. The van der Waals surface area contributed by atoms with Crippen molar-refractivity contribution in [2.24, 2.45) is 5.41 Å². The molecule has 3 aromatic rings. The topological polar surface area (TPSA) is 65.3 Å². The van der Waals surface area contributed by atoms with Crippen LogP contribution in [0.2, 0.25) is 0 Å². The lowest BCUT2D eigenvalue weighted by Crippen LogP contribution is -2.58. The molecule has 7 nitrogen and oxygen atoms in total. The SMILES string of the molecule is CC(c1ccc(-n2cc(F)cn2)nc1)N(C)c1ccc(B2OCC(C)(C)C(C)(C)O2)cn1. The van der Waals surface area contributed by atoms with E-state index in [-0.39, 0.29) is 17.1 Å². The van der Waals surface area contributed by atoms with Crippen molar-refractivity contribution in [3.05, 3.63) is 60.4 Å². The lowest BCUT2D eigenvalue weighted by atomic mass is 9.69. The quantitative estimate of drug-likeness (QED) is 0.569. The number of hydrogen-bond acceptors (Lipinski definition) is 6. The molecule has 0 aromatic carbocycles.